The standard InChI is InChI=1S/C19H21NO5/c1-13-3-8-16(17(11-13)25-10-9-24-2)20-18(21)12-14-4-6-15(7-5-14)19(22)23/h3-8,11H,9-10,12H2,1-2H3,(H,20,21)(H,22,23). The van der Waals surface area contributed by atoms with Gasteiger partial charge < -0.3 is 19.9 Å². The van der Waals surface area contributed by atoms with Crippen LogP contribution in [-0.4, -0.2) is 37.3 Å². The normalized spacial score (nSPS) is 10.3. The summed E-state index contributed by atoms with van der Waals surface area (Å²) in [6.07, 6.45) is 0.144. The molecule has 0 aliphatic carbocycles. The summed E-state index contributed by atoms with van der Waals surface area (Å²) in [7, 11) is 1.60. The summed E-state index contributed by atoms with van der Waals surface area (Å²) in [5, 5.41) is 11.7. The van der Waals surface area contributed by atoms with Crippen molar-refractivity contribution >= 4 is 17.6 Å². The van der Waals surface area contributed by atoms with Crippen molar-refractivity contribution in [3.63, 3.8) is 0 Å². The van der Waals surface area contributed by atoms with Crippen molar-refractivity contribution in [1.82, 2.24) is 0 Å². The SMILES string of the molecule is COCCOc1cc(C)ccc1NC(=O)Cc1ccc(C(=O)O)cc1. The molecular formula is C19H21NO5. The maximum atomic E-state index is 12.3. The number of carboxylic acid groups (broad SMARTS) is 1. The molecule has 0 atom stereocenters. The Labute approximate surface area is 146 Å². The Hall–Kier alpha value is -2.86. The van der Waals surface area contributed by atoms with Crippen LogP contribution >= 0.6 is 0 Å². The molecular weight excluding hydrogens is 322 g/mol. The average molecular weight is 343 g/mol. The number of carbonyl (C=O) groups excluding carboxylic acids is 1. The fraction of sp³-hybridized carbons (Fsp3) is 0.263. The second-order valence-corrected chi connectivity index (χ2v) is 5.57. The molecule has 0 bridgehead atoms. The molecule has 0 radical (unpaired) electrons. The number of nitrogens with one attached hydrogen (secondary N) is 1. The Bertz CT molecular complexity index is 740. The minimum absolute atomic E-state index is 0.144. The molecule has 132 valence electrons. The Morgan fingerprint density at radius 3 is 2.44 bits per heavy atom. The van der Waals surface area contributed by atoms with Crippen LogP contribution in [0.2, 0.25) is 0 Å². The predicted octanol–water partition coefficient (Wildman–Crippen LogP) is 2.90. The molecule has 6 nitrogen and oxygen atoms in total. The highest BCUT2D eigenvalue weighted by molar-refractivity contribution is 5.94. The van der Waals surface area contributed by atoms with E-state index in [9.17, 15) is 9.59 Å². The summed E-state index contributed by atoms with van der Waals surface area (Å²) < 4.78 is 10.6. The minimum atomic E-state index is -0.992. The van der Waals surface area contributed by atoms with Crippen molar-refractivity contribution in [1.29, 1.82) is 0 Å². The van der Waals surface area contributed by atoms with Crippen molar-refractivity contribution in [2.24, 2.45) is 0 Å². The van der Waals surface area contributed by atoms with Gasteiger partial charge in [0.1, 0.15) is 12.4 Å². The number of hydrogen-bond acceptors (Lipinski definition) is 4. The number of carboxylic acids is 1. The number of carbonyl (C=O) groups is 2. The Kier molecular flexibility index (Phi) is 6.54. The number of aromatic carboxylic acids is 1. The Balaban J connectivity index is 2.03. The van der Waals surface area contributed by atoms with Gasteiger partial charge in [0.05, 0.1) is 24.3 Å². The lowest BCUT2D eigenvalue weighted by atomic mass is 10.1. The largest absolute Gasteiger partial charge is 0.489 e. The van der Waals surface area contributed by atoms with Crippen LogP contribution in [0.5, 0.6) is 5.75 Å². The fourth-order valence-electron chi connectivity index (χ4n) is 2.23. The number of rotatable bonds is 8. The molecule has 0 saturated heterocycles. The van der Waals surface area contributed by atoms with Gasteiger partial charge in [0.15, 0.2) is 0 Å². The zero-order chi connectivity index (χ0) is 18.2. The first-order valence-corrected chi connectivity index (χ1v) is 7.84. The van der Waals surface area contributed by atoms with Crippen molar-refractivity contribution < 1.29 is 24.2 Å². The monoisotopic (exact) mass is 343 g/mol. The third-order valence-electron chi connectivity index (χ3n) is 3.52. The van der Waals surface area contributed by atoms with Crippen molar-refractivity contribution in [3.05, 3.63) is 59.2 Å². The number of hydrogen-bond donors (Lipinski definition) is 2. The summed E-state index contributed by atoms with van der Waals surface area (Å²) in [6.45, 7) is 2.79. The van der Waals surface area contributed by atoms with E-state index >= 15 is 0 Å². The molecule has 0 saturated carbocycles. The van der Waals surface area contributed by atoms with Crippen LogP contribution in [0.1, 0.15) is 21.5 Å². The summed E-state index contributed by atoms with van der Waals surface area (Å²) >= 11 is 0. The van der Waals surface area contributed by atoms with Gasteiger partial charge in [-0.15, -0.1) is 0 Å². The Morgan fingerprint density at radius 1 is 1.08 bits per heavy atom. The lowest BCUT2D eigenvalue weighted by Gasteiger charge is -2.13. The highest BCUT2D eigenvalue weighted by Gasteiger charge is 2.10. The molecule has 0 unspecified atom stereocenters. The maximum absolute atomic E-state index is 12.3. The second-order valence-electron chi connectivity index (χ2n) is 5.57. The first kappa shape index (κ1) is 18.5. The van der Waals surface area contributed by atoms with E-state index in [0.717, 1.165) is 11.1 Å². The molecule has 1 amide bonds. The van der Waals surface area contributed by atoms with Crippen molar-refractivity contribution in [3.8, 4) is 5.75 Å². The number of methoxy groups -OCH3 is 1. The van der Waals surface area contributed by atoms with Gasteiger partial charge in [-0.1, -0.05) is 18.2 Å². The van der Waals surface area contributed by atoms with Crippen LogP contribution in [0.15, 0.2) is 42.5 Å². The van der Waals surface area contributed by atoms with E-state index in [0.29, 0.717) is 24.7 Å². The summed E-state index contributed by atoms with van der Waals surface area (Å²) in [6, 6.07) is 11.8. The van der Waals surface area contributed by atoms with Gasteiger partial charge in [0.2, 0.25) is 5.91 Å². The molecule has 0 aliphatic heterocycles. The molecule has 0 aliphatic rings. The molecule has 0 heterocycles. The van der Waals surface area contributed by atoms with Crippen LogP contribution in [-0.2, 0) is 16.0 Å². The van der Waals surface area contributed by atoms with Crippen LogP contribution < -0.4 is 10.1 Å². The second kappa shape index (κ2) is 8.84. The molecule has 0 spiro atoms. The van der Waals surface area contributed by atoms with E-state index in [-0.39, 0.29) is 17.9 Å². The van der Waals surface area contributed by atoms with Crippen molar-refractivity contribution in [2.75, 3.05) is 25.6 Å². The summed E-state index contributed by atoms with van der Waals surface area (Å²) in [5.74, 6) is -0.608. The topological polar surface area (TPSA) is 84.9 Å². The van der Waals surface area contributed by atoms with Crippen LogP contribution in [0.4, 0.5) is 5.69 Å². The molecule has 2 N–H and O–H groups in total. The van der Waals surface area contributed by atoms with Gasteiger partial charge >= 0.3 is 5.97 Å². The molecule has 25 heavy (non-hydrogen) atoms. The molecule has 0 fully saturated rings. The lowest BCUT2D eigenvalue weighted by Crippen LogP contribution is -2.16. The molecule has 2 aromatic carbocycles. The highest BCUT2D eigenvalue weighted by Crippen LogP contribution is 2.26. The minimum Gasteiger partial charge on any atom is -0.489 e. The van der Waals surface area contributed by atoms with Crippen molar-refractivity contribution in [2.45, 2.75) is 13.3 Å². The number of benzene rings is 2. The van der Waals surface area contributed by atoms with Crippen LogP contribution in [0.3, 0.4) is 0 Å². The van der Waals surface area contributed by atoms with Gasteiger partial charge in [0, 0.05) is 7.11 Å². The third kappa shape index (κ3) is 5.61. The number of aryl methyl sites for hydroxylation is 1. The summed E-state index contributed by atoms with van der Waals surface area (Å²) in [4.78, 5) is 23.1. The van der Waals surface area contributed by atoms with E-state index in [1.807, 2.05) is 19.1 Å². The third-order valence-corrected chi connectivity index (χ3v) is 3.52. The van der Waals surface area contributed by atoms with Gasteiger partial charge in [0.25, 0.3) is 0 Å². The zero-order valence-electron chi connectivity index (χ0n) is 14.2. The summed E-state index contributed by atoms with van der Waals surface area (Å²) in [5.41, 5.74) is 2.54. The van der Waals surface area contributed by atoms with E-state index in [2.05, 4.69) is 5.32 Å². The number of anilines is 1. The maximum Gasteiger partial charge on any atom is 0.335 e. The van der Waals surface area contributed by atoms with E-state index in [1.54, 1.807) is 25.3 Å². The van der Waals surface area contributed by atoms with Gasteiger partial charge in [-0.2, -0.15) is 0 Å². The van der Waals surface area contributed by atoms with Crippen LogP contribution in [0.25, 0.3) is 0 Å². The first-order chi connectivity index (χ1) is 12.0. The van der Waals surface area contributed by atoms with Crippen LogP contribution in [0, 0.1) is 6.92 Å². The van der Waals surface area contributed by atoms with E-state index in [4.69, 9.17) is 14.6 Å². The predicted molar refractivity (Wildman–Crippen MR) is 94.3 cm³/mol. The average Bonchev–Trinajstić information content (AvgIpc) is 2.58. The highest BCUT2D eigenvalue weighted by atomic mass is 16.5. The molecule has 2 rings (SSSR count). The Morgan fingerprint density at radius 2 is 1.80 bits per heavy atom. The first-order valence-electron chi connectivity index (χ1n) is 7.84. The van der Waals surface area contributed by atoms with Gasteiger partial charge in [-0.05, 0) is 42.3 Å². The van der Waals surface area contributed by atoms with E-state index in [1.165, 1.54) is 12.1 Å². The number of amides is 1. The quantitative estimate of drug-likeness (QED) is 0.720. The molecule has 0 aromatic heterocycles. The van der Waals surface area contributed by atoms with E-state index < -0.39 is 5.97 Å². The molecule has 6 heteroatoms. The smallest absolute Gasteiger partial charge is 0.335 e. The molecule has 2 aromatic rings. The van der Waals surface area contributed by atoms with Gasteiger partial charge in [-0.25, -0.2) is 4.79 Å². The van der Waals surface area contributed by atoms with Gasteiger partial charge in [-0.3, -0.25) is 4.79 Å². The number of ether oxygens (including phenoxy) is 2. The lowest BCUT2D eigenvalue weighted by molar-refractivity contribution is -0.115. The zero-order valence-corrected chi connectivity index (χ0v) is 14.2. The fourth-order valence-corrected chi connectivity index (χ4v) is 2.23.